The number of nitrogens with two attached hydrogens (primary N) is 1. The van der Waals surface area contributed by atoms with Gasteiger partial charge in [0.2, 0.25) is 0 Å². The van der Waals surface area contributed by atoms with Crippen LogP contribution in [0.3, 0.4) is 0 Å². The fourth-order valence-corrected chi connectivity index (χ4v) is 3.91. The third-order valence-corrected chi connectivity index (χ3v) is 5.31. The molecule has 0 unspecified atom stereocenters. The van der Waals surface area contributed by atoms with E-state index in [1.807, 2.05) is 18.2 Å². The minimum Gasteiger partial charge on any atom is -0.389 e. The Bertz CT molecular complexity index is 639. The SMILES string of the molecule is C=CC[C@@]1(O)C[C@@H](c2ccccc2)[NH2+][C@H](c2ccccc2)[C@@H]1C. The van der Waals surface area contributed by atoms with E-state index in [0.717, 1.165) is 6.42 Å². The van der Waals surface area contributed by atoms with E-state index in [1.165, 1.54) is 11.1 Å². The van der Waals surface area contributed by atoms with Gasteiger partial charge < -0.3 is 10.4 Å². The molecule has 1 aliphatic rings. The molecule has 0 aliphatic carbocycles. The van der Waals surface area contributed by atoms with Crippen LogP contribution in [0.4, 0.5) is 0 Å². The number of rotatable bonds is 4. The summed E-state index contributed by atoms with van der Waals surface area (Å²) in [5, 5.41) is 13.7. The van der Waals surface area contributed by atoms with Crippen molar-refractivity contribution >= 4 is 0 Å². The van der Waals surface area contributed by atoms with Gasteiger partial charge in [-0.25, -0.2) is 0 Å². The average Bonchev–Trinajstić information content (AvgIpc) is 2.59. The summed E-state index contributed by atoms with van der Waals surface area (Å²) in [6.07, 6.45) is 3.24. The van der Waals surface area contributed by atoms with E-state index < -0.39 is 5.60 Å². The second-order valence-corrected chi connectivity index (χ2v) is 6.74. The normalized spacial score (nSPS) is 30.8. The highest BCUT2D eigenvalue weighted by Gasteiger charge is 2.48. The number of hydrogen-bond acceptors (Lipinski definition) is 1. The van der Waals surface area contributed by atoms with Gasteiger partial charge >= 0.3 is 0 Å². The van der Waals surface area contributed by atoms with Crippen LogP contribution in [0.1, 0.15) is 43.0 Å². The molecule has 2 heteroatoms. The van der Waals surface area contributed by atoms with Crippen LogP contribution in [0.25, 0.3) is 0 Å². The summed E-state index contributed by atoms with van der Waals surface area (Å²) in [4.78, 5) is 0. The highest BCUT2D eigenvalue weighted by molar-refractivity contribution is 5.22. The van der Waals surface area contributed by atoms with Crippen LogP contribution in [-0.4, -0.2) is 10.7 Å². The maximum Gasteiger partial charge on any atom is 0.117 e. The maximum atomic E-state index is 11.3. The van der Waals surface area contributed by atoms with Crippen LogP contribution in [0, 0.1) is 5.92 Å². The van der Waals surface area contributed by atoms with Crippen LogP contribution < -0.4 is 5.32 Å². The van der Waals surface area contributed by atoms with Crippen molar-refractivity contribution in [3.05, 3.63) is 84.4 Å². The third-order valence-electron chi connectivity index (χ3n) is 5.31. The van der Waals surface area contributed by atoms with Crippen molar-refractivity contribution in [2.24, 2.45) is 5.92 Å². The van der Waals surface area contributed by atoms with Gasteiger partial charge in [-0.15, -0.1) is 6.58 Å². The van der Waals surface area contributed by atoms with Crippen LogP contribution >= 0.6 is 0 Å². The van der Waals surface area contributed by atoms with Gasteiger partial charge in [0, 0.05) is 23.5 Å². The van der Waals surface area contributed by atoms with E-state index in [9.17, 15) is 5.11 Å². The zero-order chi connectivity index (χ0) is 16.3. The van der Waals surface area contributed by atoms with Crippen molar-refractivity contribution in [3.63, 3.8) is 0 Å². The van der Waals surface area contributed by atoms with Gasteiger partial charge in [0.15, 0.2) is 0 Å². The van der Waals surface area contributed by atoms with E-state index in [2.05, 4.69) is 67.4 Å². The Balaban J connectivity index is 1.97. The van der Waals surface area contributed by atoms with Crippen LogP contribution in [-0.2, 0) is 0 Å². The lowest BCUT2D eigenvalue weighted by atomic mass is 9.70. The molecule has 3 N–H and O–H groups in total. The fourth-order valence-electron chi connectivity index (χ4n) is 3.91. The highest BCUT2D eigenvalue weighted by atomic mass is 16.3. The van der Waals surface area contributed by atoms with Crippen LogP contribution in [0.5, 0.6) is 0 Å². The summed E-state index contributed by atoms with van der Waals surface area (Å²) in [6.45, 7) is 6.03. The van der Waals surface area contributed by atoms with E-state index in [0.29, 0.717) is 6.42 Å². The Morgan fingerprint density at radius 1 is 1.09 bits per heavy atom. The lowest BCUT2D eigenvalue weighted by Gasteiger charge is -2.44. The summed E-state index contributed by atoms with van der Waals surface area (Å²) in [7, 11) is 0. The molecule has 0 bridgehead atoms. The molecule has 120 valence electrons. The molecule has 2 nitrogen and oxygen atoms in total. The molecular formula is C21H26NO+. The van der Waals surface area contributed by atoms with Crippen molar-refractivity contribution in [1.29, 1.82) is 0 Å². The summed E-state index contributed by atoms with van der Waals surface area (Å²) in [6, 6.07) is 21.6. The molecule has 0 radical (unpaired) electrons. The van der Waals surface area contributed by atoms with E-state index >= 15 is 0 Å². The van der Waals surface area contributed by atoms with Gasteiger partial charge in [0.05, 0.1) is 5.60 Å². The smallest absolute Gasteiger partial charge is 0.117 e. The summed E-state index contributed by atoms with van der Waals surface area (Å²) in [5.74, 6) is 0.169. The van der Waals surface area contributed by atoms with Crippen LogP contribution in [0.2, 0.25) is 0 Å². The second kappa shape index (κ2) is 6.69. The second-order valence-electron chi connectivity index (χ2n) is 6.74. The number of benzene rings is 2. The number of piperidine rings is 1. The lowest BCUT2D eigenvalue weighted by molar-refractivity contribution is -0.756. The third kappa shape index (κ3) is 3.24. The molecule has 0 amide bonds. The van der Waals surface area contributed by atoms with Crippen molar-refractivity contribution in [3.8, 4) is 0 Å². The molecule has 0 aromatic heterocycles. The zero-order valence-corrected chi connectivity index (χ0v) is 13.7. The predicted molar refractivity (Wildman–Crippen MR) is 93.8 cm³/mol. The van der Waals surface area contributed by atoms with Gasteiger partial charge in [-0.2, -0.15) is 0 Å². The average molecular weight is 308 g/mol. The number of quaternary nitrogens is 1. The molecule has 2 aromatic rings. The molecule has 2 aromatic carbocycles. The van der Waals surface area contributed by atoms with Gasteiger partial charge in [0.25, 0.3) is 0 Å². The van der Waals surface area contributed by atoms with Gasteiger partial charge in [-0.05, 0) is 6.42 Å². The Kier molecular flexibility index (Phi) is 4.65. The first-order chi connectivity index (χ1) is 11.1. The maximum absolute atomic E-state index is 11.3. The monoisotopic (exact) mass is 308 g/mol. The minimum absolute atomic E-state index is 0.169. The van der Waals surface area contributed by atoms with E-state index in [-0.39, 0.29) is 18.0 Å². The quantitative estimate of drug-likeness (QED) is 0.835. The highest BCUT2D eigenvalue weighted by Crippen LogP contribution is 2.40. The largest absolute Gasteiger partial charge is 0.389 e. The summed E-state index contributed by atoms with van der Waals surface area (Å²) >= 11 is 0. The van der Waals surface area contributed by atoms with E-state index in [4.69, 9.17) is 0 Å². The summed E-state index contributed by atoms with van der Waals surface area (Å²) in [5.41, 5.74) is 1.85. The van der Waals surface area contributed by atoms with Crippen molar-refractivity contribution in [1.82, 2.24) is 0 Å². The molecule has 1 saturated heterocycles. The lowest BCUT2D eigenvalue weighted by Crippen LogP contribution is -2.91. The summed E-state index contributed by atoms with van der Waals surface area (Å²) < 4.78 is 0. The Morgan fingerprint density at radius 2 is 1.65 bits per heavy atom. The first-order valence-corrected chi connectivity index (χ1v) is 8.42. The zero-order valence-electron chi connectivity index (χ0n) is 13.7. The number of hydrogen-bond donors (Lipinski definition) is 2. The Labute approximate surface area is 138 Å². The number of aliphatic hydroxyl groups is 1. The minimum atomic E-state index is -0.711. The first-order valence-electron chi connectivity index (χ1n) is 8.42. The van der Waals surface area contributed by atoms with E-state index in [1.54, 1.807) is 0 Å². The molecular weight excluding hydrogens is 282 g/mol. The first kappa shape index (κ1) is 16.0. The van der Waals surface area contributed by atoms with Crippen LogP contribution in [0.15, 0.2) is 73.3 Å². The van der Waals surface area contributed by atoms with Crippen molar-refractivity contribution < 1.29 is 10.4 Å². The topological polar surface area (TPSA) is 36.8 Å². The molecule has 4 atom stereocenters. The van der Waals surface area contributed by atoms with Gasteiger partial charge in [-0.3, -0.25) is 0 Å². The molecule has 3 rings (SSSR count). The van der Waals surface area contributed by atoms with Crippen molar-refractivity contribution in [2.45, 2.75) is 37.5 Å². The molecule has 1 aliphatic heterocycles. The molecule has 1 fully saturated rings. The Morgan fingerprint density at radius 3 is 2.22 bits per heavy atom. The van der Waals surface area contributed by atoms with Gasteiger partial charge in [0.1, 0.15) is 12.1 Å². The molecule has 23 heavy (non-hydrogen) atoms. The standard InChI is InChI=1S/C21H25NO/c1-3-14-21(23)15-19(17-10-6-4-7-11-17)22-20(16(21)2)18-12-8-5-9-13-18/h3-13,16,19-20,22-23H,1,14-15H2,2H3/p+1/t16-,19-,20-,21+/m0/s1. The Hall–Kier alpha value is -1.90. The molecule has 1 heterocycles. The predicted octanol–water partition coefficient (Wildman–Crippen LogP) is 3.38. The van der Waals surface area contributed by atoms with Crippen molar-refractivity contribution in [2.75, 3.05) is 0 Å². The van der Waals surface area contributed by atoms with Gasteiger partial charge in [-0.1, -0.05) is 73.7 Å². The molecule has 0 saturated carbocycles. The fraction of sp³-hybridized carbons (Fsp3) is 0.333. The molecule has 0 spiro atoms.